The zero-order valence-corrected chi connectivity index (χ0v) is 16.2. The number of likely N-dealkylation sites (tertiary alicyclic amines) is 1. The second-order valence-corrected chi connectivity index (χ2v) is 7.58. The number of fused-ring (bicyclic) bond motifs is 1. The van der Waals surface area contributed by atoms with Crippen LogP contribution in [0.25, 0.3) is 0 Å². The summed E-state index contributed by atoms with van der Waals surface area (Å²) >= 11 is 0. The van der Waals surface area contributed by atoms with Gasteiger partial charge in [-0.25, -0.2) is 0 Å². The third-order valence-corrected chi connectivity index (χ3v) is 5.62. The van der Waals surface area contributed by atoms with Crippen LogP contribution in [0.2, 0.25) is 0 Å². The van der Waals surface area contributed by atoms with Gasteiger partial charge in [-0.1, -0.05) is 12.1 Å². The lowest BCUT2D eigenvalue weighted by molar-refractivity contribution is -0.134. The smallest absolute Gasteiger partial charge is 0.252 e. The molecule has 7 nitrogen and oxygen atoms in total. The molecule has 1 aromatic carbocycles. The number of aromatic nitrogens is 1. The molecule has 0 radical (unpaired) electrons. The number of nitrogens with one attached hydrogen (secondary N) is 2. The summed E-state index contributed by atoms with van der Waals surface area (Å²) in [5.41, 5.74) is 2.95. The van der Waals surface area contributed by atoms with Gasteiger partial charge in [0, 0.05) is 31.7 Å². The summed E-state index contributed by atoms with van der Waals surface area (Å²) in [7, 11) is 0. The second kappa shape index (κ2) is 8.39. The Kier molecular flexibility index (Phi) is 5.52. The fourth-order valence-electron chi connectivity index (χ4n) is 4.07. The van der Waals surface area contributed by atoms with Gasteiger partial charge >= 0.3 is 0 Å². The highest BCUT2D eigenvalue weighted by Crippen LogP contribution is 2.26. The van der Waals surface area contributed by atoms with Gasteiger partial charge in [-0.2, -0.15) is 5.26 Å². The topological polar surface area (TPSA) is 98.2 Å². The highest BCUT2D eigenvalue weighted by Gasteiger charge is 2.27. The Bertz CT molecular complexity index is 959. The molecular formula is C22H24N4O3. The van der Waals surface area contributed by atoms with Gasteiger partial charge < -0.3 is 19.9 Å². The highest BCUT2D eigenvalue weighted by molar-refractivity contribution is 5.94. The second-order valence-electron chi connectivity index (χ2n) is 7.58. The third kappa shape index (κ3) is 4.27. The summed E-state index contributed by atoms with van der Waals surface area (Å²) in [4.78, 5) is 30.0. The maximum atomic E-state index is 13.0. The molecule has 1 aromatic heterocycles. The molecule has 2 aliphatic heterocycles. The van der Waals surface area contributed by atoms with Crippen molar-refractivity contribution in [1.29, 1.82) is 5.26 Å². The molecule has 2 N–H and O–H groups in total. The SMILES string of the molecule is N#Cc1cc(C(=O)NC[C@@H]2CCCCN2C(=O)Cc2ccc3c(c2)CCO3)c[nH]1. The minimum absolute atomic E-state index is 0.00709. The van der Waals surface area contributed by atoms with Gasteiger partial charge in [-0.3, -0.25) is 9.59 Å². The first-order chi connectivity index (χ1) is 14.1. The molecule has 0 spiro atoms. The number of piperidine rings is 1. The largest absolute Gasteiger partial charge is 0.493 e. The number of carbonyl (C=O) groups excluding carboxylic acids is 2. The number of carbonyl (C=O) groups is 2. The number of hydrogen-bond acceptors (Lipinski definition) is 4. The van der Waals surface area contributed by atoms with Crippen LogP contribution in [-0.2, 0) is 17.6 Å². The van der Waals surface area contributed by atoms with Crippen LogP contribution in [0.1, 0.15) is 46.4 Å². The number of hydrogen-bond donors (Lipinski definition) is 2. The molecule has 7 heteroatoms. The van der Waals surface area contributed by atoms with Crippen LogP contribution in [0.3, 0.4) is 0 Å². The molecule has 2 aromatic rings. The molecule has 4 rings (SSSR count). The summed E-state index contributed by atoms with van der Waals surface area (Å²) in [5.74, 6) is 0.777. The van der Waals surface area contributed by atoms with Crippen LogP contribution >= 0.6 is 0 Å². The molecule has 0 unspecified atom stereocenters. The quantitative estimate of drug-likeness (QED) is 0.815. The third-order valence-electron chi connectivity index (χ3n) is 5.62. The van der Waals surface area contributed by atoms with E-state index in [1.807, 2.05) is 23.1 Å². The average molecular weight is 392 g/mol. The molecule has 3 heterocycles. The summed E-state index contributed by atoms with van der Waals surface area (Å²) in [6.45, 7) is 1.84. The Hall–Kier alpha value is -3.27. The van der Waals surface area contributed by atoms with Crippen LogP contribution in [0, 0.1) is 11.3 Å². The van der Waals surface area contributed by atoms with Crippen molar-refractivity contribution >= 4 is 11.8 Å². The molecule has 0 saturated carbocycles. The average Bonchev–Trinajstić information content (AvgIpc) is 3.41. The van der Waals surface area contributed by atoms with Crippen molar-refractivity contribution in [3.8, 4) is 11.8 Å². The first kappa shape index (κ1) is 19.1. The number of nitriles is 1. The monoisotopic (exact) mass is 392 g/mol. The zero-order valence-electron chi connectivity index (χ0n) is 16.2. The van der Waals surface area contributed by atoms with Crippen LogP contribution < -0.4 is 10.1 Å². The van der Waals surface area contributed by atoms with E-state index in [1.54, 1.807) is 0 Å². The molecule has 1 atom stereocenters. The number of nitrogens with zero attached hydrogens (tertiary/aromatic N) is 2. The Morgan fingerprint density at radius 1 is 1.31 bits per heavy atom. The Morgan fingerprint density at radius 2 is 2.21 bits per heavy atom. The standard InChI is InChI=1S/C22H24N4O3/c23-12-18-11-17(13-24-18)22(28)25-14-19-3-1-2-7-26(19)21(27)10-15-4-5-20-16(9-15)6-8-29-20/h4-5,9,11,13,19,24H,1-3,6-8,10,14H2,(H,25,28)/t19-/m0/s1. The predicted molar refractivity (Wildman–Crippen MR) is 107 cm³/mol. The Labute approximate surface area is 169 Å². The number of H-pyrrole nitrogens is 1. The number of benzene rings is 1. The summed E-state index contributed by atoms with van der Waals surface area (Å²) in [5, 5.41) is 11.8. The summed E-state index contributed by atoms with van der Waals surface area (Å²) < 4.78 is 5.54. The van der Waals surface area contributed by atoms with E-state index in [1.165, 1.54) is 17.8 Å². The number of rotatable bonds is 5. The maximum absolute atomic E-state index is 13.0. The van der Waals surface area contributed by atoms with E-state index in [0.29, 0.717) is 30.8 Å². The van der Waals surface area contributed by atoms with Crippen LogP contribution in [0.5, 0.6) is 5.75 Å². The van der Waals surface area contributed by atoms with Crippen molar-refractivity contribution in [3.05, 3.63) is 52.8 Å². The van der Waals surface area contributed by atoms with Crippen LogP contribution in [0.15, 0.2) is 30.5 Å². The van der Waals surface area contributed by atoms with E-state index in [-0.39, 0.29) is 17.9 Å². The van der Waals surface area contributed by atoms with Crippen LogP contribution in [-0.4, -0.2) is 47.4 Å². The van der Waals surface area contributed by atoms with Crippen LogP contribution in [0.4, 0.5) is 0 Å². The Balaban J connectivity index is 1.37. The molecule has 2 amide bonds. The Morgan fingerprint density at radius 3 is 3.03 bits per heavy atom. The molecule has 1 saturated heterocycles. The molecule has 1 fully saturated rings. The van der Waals surface area contributed by atoms with E-state index >= 15 is 0 Å². The van der Waals surface area contributed by atoms with E-state index in [2.05, 4.69) is 16.4 Å². The van der Waals surface area contributed by atoms with Gasteiger partial charge in [0.15, 0.2) is 0 Å². The predicted octanol–water partition coefficient (Wildman–Crippen LogP) is 2.17. The fourth-order valence-corrected chi connectivity index (χ4v) is 4.07. The lowest BCUT2D eigenvalue weighted by atomic mass is 10.00. The summed E-state index contributed by atoms with van der Waals surface area (Å²) in [6, 6.07) is 9.47. The van der Waals surface area contributed by atoms with Gasteiger partial charge in [-0.05, 0) is 42.5 Å². The molecule has 2 aliphatic rings. The zero-order chi connectivity index (χ0) is 20.2. The van der Waals surface area contributed by atoms with Gasteiger partial charge in [0.1, 0.15) is 17.5 Å². The van der Waals surface area contributed by atoms with Gasteiger partial charge in [-0.15, -0.1) is 0 Å². The van der Waals surface area contributed by atoms with Crippen molar-refractivity contribution in [2.45, 2.75) is 38.1 Å². The number of amides is 2. The van der Waals surface area contributed by atoms with Gasteiger partial charge in [0.05, 0.1) is 18.6 Å². The molecular weight excluding hydrogens is 368 g/mol. The molecule has 29 heavy (non-hydrogen) atoms. The first-order valence-corrected chi connectivity index (χ1v) is 10.0. The minimum Gasteiger partial charge on any atom is -0.493 e. The number of ether oxygens (including phenoxy) is 1. The van der Waals surface area contributed by atoms with Crippen molar-refractivity contribution in [2.24, 2.45) is 0 Å². The fraction of sp³-hybridized carbons (Fsp3) is 0.409. The minimum atomic E-state index is -0.237. The number of aromatic amines is 1. The van der Waals surface area contributed by atoms with Gasteiger partial charge in [0.2, 0.25) is 5.91 Å². The van der Waals surface area contributed by atoms with Crippen molar-refractivity contribution in [3.63, 3.8) is 0 Å². The van der Waals surface area contributed by atoms with E-state index < -0.39 is 0 Å². The maximum Gasteiger partial charge on any atom is 0.252 e. The molecule has 0 aliphatic carbocycles. The van der Waals surface area contributed by atoms with Crippen molar-refractivity contribution < 1.29 is 14.3 Å². The highest BCUT2D eigenvalue weighted by atomic mass is 16.5. The molecule has 150 valence electrons. The van der Waals surface area contributed by atoms with E-state index in [0.717, 1.165) is 43.5 Å². The van der Waals surface area contributed by atoms with Crippen molar-refractivity contribution in [1.82, 2.24) is 15.2 Å². The van der Waals surface area contributed by atoms with Gasteiger partial charge in [0.25, 0.3) is 5.91 Å². The van der Waals surface area contributed by atoms with E-state index in [9.17, 15) is 9.59 Å². The lowest BCUT2D eigenvalue weighted by Gasteiger charge is -2.36. The normalized spacial score (nSPS) is 17.9. The van der Waals surface area contributed by atoms with E-state index in [4.69, 9.17) is 10.00 Å². The summed E-state index contributed by atoms with van der Waals surface area (Å²) in [6.07, 6.45) is 5.68. The molecule has 0 bridgehead atoms. The first-order valence-electron chi connectivity index (χ1n) is 10.0. The lowest BCUT2D eigenvalue weighted by Crippen LogP contribution is -2.49. The van der Waals surface area contributed by atoms with Crippen molar-refractivity contribution in [2.75, 3.05) is 19.7 Å².